The van der Waals surface area contributed by atoms with Crippen molar-refractivity contribution in [2.45, 2.75) is 51.9 Å². The summed E-state index contributed by atoms with van der Waals surface area (Å²) < 4.78 is 2.23. The van der Waals surface area contributed by atoms with E-state index < -0.39 is 0 Å². The van der Waals surface area contributed by atoms with E-state index in [-0.39, 0.29) is 0 Å². The number of halogens is 1. The number of pyridine rings is 1. The summed E-state index contributed by atoms with van der Waals surface area (Å²) in [6.45, 7) is 7.14. The van der Waals surface area contributed by atoms with Gasteiger partial charge in [-0.3, -0.25) is 9.88 Å². The van der Waals surface area contributed by atoms with Crippen molar-refractivity contribution >= 4 is 11.6 Å². The van der Waals surface area contributed by atoms with Crippen molar-refractivity contribution in [2.24, 2.45) is 5.41 Å². The number of hydrogen-bond donors (Lipinski definition) is 1. The van der Waals surface area contributed by atoms with Crippen LogP contribution in [0.25, 0.3) is 0 Å². The number of rotatable bonds is 6. The van der Waals surface area contributed by atoms with Gasteiger partial charge in [0.25, 0.3) is 0 Å². The van der Waals surface area contributed by atoms with E-state index in [1.165, 1.54) is 19.3 Å². The number of nitrogens with one attached hydrogen (secondary N) is 1. The molecule has 6 heteroatoms. The predicted octanol–water partition coefficient (Wildman–Crippen LogP) is 3.10. The molecule has 1 aliphatic heterocycles. The molecule has 0 aromatic carbocycles. The lowest BCUT2D eigenvalue weighted by atomic mass is 9.93. The van der Waals surface area contributed by atoms with Crippen molar-refractivity contribution in [3.8, 4) is 0 Å². The molecular weight excluding hydrogens is 334 g/mol. The highest BCUT2D eigenvalue weighted by atomic mass is 35.5. The van der Waals surface area contributed by atoms with E-state index in [1.54, 1.807) is 6.20 Å². The minimum atomic E-state index is 0.494. The number of piperidine rings is 1. The first-order valence-electron chi connectivity index (χ1n) is 9.25. The third-order valence-electron chi connectivity index (χ3n) is 5.90. The fourth-order valence-electron chi connectivity index (χ4n) is 4.29. The van der Waals surface area contributed by atoms with E-state index in [0.717, 1.165) is 49.1 Å². The molecule has 2 aliphatic rings. The molecule has 134 valence electrons. The summed E-state index contributed by atoms with van der Waals surface area (Å²) in [5.74, 6) is 1.14. The number of hydrogen-bond acceptors (Lipinski definition) is 4. The maximum absolute atomic E-state index is 6.39. The van der Waals surface area contributed by atoms with Gasteiger partial charge < -0.3 is 9.88 Å². The predicted molar refractivity (Wildman–Crippen MR) is 99.3 cm³/mol. The SMILES string of the molecule is CCn1ccnc1CN(Cc1ccncc1Cl)[C@H]1CC12CCNCC2. The lowest BCUT2D eigenvalue weighted by Gasteiger charge is -2.29. The smallest absolute Gasteiger partial charge is 0.122 e. The van der Waals surface area contributed by atoms with Gasteiger partial charge in [-0.15, -0.1) is 0 Å². The Morgan fingerprint density at radius 3 is 2.92 bits per heavy atom. The Labute approximate surface area is 154 Å². The summed E-state index contributed by atoms with van der Waals surface area (Å²) in [7, 11) is 0. The third kappa shape index (κ3) is 3.46. The Bertz CT molecular complexity index is 722. The average Bonchev–Trinajstić information content (AvgIpc) is 3.12. The maximum Gasteiger partial charge on any atom is 0.122 e. The quantitative estimate of drug-likeness (QED) is 0.860. The average molecular weight is 360 g/mol. The highest BCUT2D eigenvalue weighted by molar-refractivity contribution is 6.31. The normalized spacial score (nSPS) is 21.8. The molecule has 1 N–H and O–H groups in total. The molecule has 0 radical (unpaired) electrons. The molecule has 2 fully saturated rings. The van der Waals surface area contributed by atoms with E-state index in [0.29, 0.717) is 11.5 Å². The van der Waals surface area contributed by atoms with Crippen molar-refractivity contribution in [1.29, 1.82) is 0 Å². The van der Waals surface area contributed by atoms with Crippen LogP contribution in [-0.4, -0.2) is 38.6 Å². The summed E-state index contributed by atoms with van der Waals surface area (Å²) in [5, 5.41) is 4.25. The van der Waals surface area contributed by atoms with Crippen molar-refractivity contribution in [2.75, 3.05) is 13.1 Å². The van der Waals surface area contributed by atoms with Gasteiger partial charge in [0.05, 0.1) is 11.6 Å². The van der Waals surface area contributed by atoms with Gasteiger partial charge in [-0.05, 0) is 56.3 Å². The van der Waals surface area contributed by atoms with Crippen LogP contribution in [0, 0.1) is 5.41 Å². The molecule has 25 heavy (non-hydrogen) atoms. The second kappa shape index (κ2) is 7.06. The molecular formula is C19H26ClN5. The van der Waals surface area contributed by atoms with Gasteiger partial charge in [-0.1, -0.05) is 11.6 Å². The van der Waals surface area contributed by atoms with Crippen LogP contribution in [0.15, 0.2) is 30.9 Å². The zero-order valence-corrected chi connectivity index (χ0v) is 15.5. The number of aromatic nitrogens is 3. The lowest BCUT2D eigenvalue weighted by molar-refractivity contribution is 0.182. The van der Waals surface area contributed by atoms with Gasteiger partial charge in [0.2, 0.25) is 0 Å². The Morgan fingerprint density at radius 1 is 1.32 bits per heavy atom. The minimum Gasteiger partial charge on any atom is -0.334 e. The Balaban J connectivity index is 1.56. The largest absolute Gasteiger partial charge is 0.334 e. The highest BCUT2D eigenvalue weighted by Gasteiger charge is 2.56. The van der Waals surface area contributed by atoms with E-state index in [4.69, 9.17) is 11.6 Å². The van der Waals surface area contributed by atoms with Crippen molar-refractivity contribution in [3.63, 3.8) is 0 Å². The van der Waals surface area contributed by atoms with Crippen molar-refractivity contribution < 1.29 is 0 Å². The zero-order chi connectivity index (χ0) is 17.3. The summed E-state index contributed by atoms with van der Waals surface area (Å²) in [4.78, 5) is 11.3. The van der Waals surface area contributed by atoms with Crippen LogP contribution in [0.4, 0.5) is 0 Å². The van der Waals surface area contributed by atoms with Gasteiger partial charge in [0.1, 0.15) is 5.82 Å². The van der Waals surface area contributed by atoms with Crippen LogP contribution in [0.2, 0.25) is 5.02 Å². The lowest BCUT2D eigenvalue weighted by Crippen LogP contribution is -2.36. The number of aryl methyl sites for hydroxylation is 1. The molecule has 1 aliphatic carbocycles. The Hall–Kier alpha value is -1.43. The minimum absolute atomic E-state index is 0.494. The Morgan fingerprint density at radius 2 is 2.16 bits per heavy atom. The van der Waals surface area contributed by atoms with Crippen LogP contribution < -0.4 is 5.32 Å². The third-order valence-corrected chi connectivity index (χ3v) is 6.24. The molecule has 0 bridgehead atoms. The zero-order valence-electron chi connectivity index (χ0n) is 14.8. The van der Waals surface area contributed by atoms with Crippen LogP contribution >= 0.6 is 11.6 Å². The van der Waals surface area contributed by atoms with E-state index >= 15 is 0 Å². The topological polar surface area (TPSA) is 46.0 Å². The molecule has 2 aromatic rings. The van der Waals surface area contributed by atoms with Crippen LogP contribution in [0.1, 0.15) is 37.6 Å². The molecule has 1 atom stereocenters. The fourth-order valence-corrected chi connectivity index (χ4v) is 4.47. The van der Waals surface area contributed by atoms with Gasteiger partial charge in [-0.2, -0.15) is 0 Å². The first-order valence-corrected chi connectivity index (χ1v) is 9.63. The van der Waals surface area contributed by atoms with Crippen LogP contribution in [0.3, 0.4) is 0 Å². The first-order chi connectivity index (χ1) is 12.2. The number of imidazole rings is 1. The monoisotopic (exact) mass is 359 g/mol. The molecule has 1 saturated carbocycles. The van der Waals surface area contributed by atoms with Gasteiger partial charge >= 0.3 is 0 Å². The van der Waals surface area contributed by atoms with Gasteiger partial charge in [0.15, 0.2) is 0 Å². The molecule has 1 spiro atoms. The second-order valence-corrected chi connectivity index (χ2v) is 7.74. The summed E-state index contributed by atoms with van der Waals surface area (Å²) in [6.07, 6.45) is 11.4. The van der Waals surface area contributed by atoms with Gasteiger partial charge in [-0.25, -0.2) is 4.98 Å². The van der Waals surface area contributed by atoms with E-state index in [2.05, 4.69) is 37.9 Å². The first kappa shape index (κ1) is 17.0. The standard InChI is InChI=1S/C19H26ClN5/c1-2-24-10-9-23-18(24)14-25(13-15-3-6-22-12-16(15)20)17-11-19(17)4-7-21-8-5-19/h3,6,9-10,12,17,21H,2,4-5,7-8,11,13-14H2,1H3/t17-/m0/s1. The van der Waals surface area contributed by atoms with Gasteiger partial charge in [0, 0.05) is 43.9 Å². The molecule has 0 amide bonds. The maximum atomic E-state index is 6.39. The fraction of sp³-hybridized carbons (Fsp3) is 0.579. The second-order valence-electron chi connectivity index (χ2n) is 7.33. The van der Waals surface area contributed by atoms with Crippen molar-refractivity contribution in [3.05, 3.63) is 47.3 Å². The molecule has 5 nitrogen and oxygen atoms in total. The van der Waals surface area contributed by atoms with Crippen LogP contribution in [-0.2, 0) is 19.6 Å². The molecule has 0 unspecified atom stereocenters. The molecule has 3 heterocycles. The number of nitrogens with zero attached hydrogens (tertiary/aromatic N) is 4. The molecule has 2 aromatic heterocycles. The summed E-state index contributed by atoms with van der Waals surface area (Å²) in [6, 6.07) is 2.67. The molecule has 1 saturated heterocycles. The van der Waals surface area contributed by atoms with Crippen molar-refractivity contribution in [1.82, 2.24) is 24.8 Å². The Kier molecular flexibility index (Phi) is 4.80. The van der Waals surface area contributed by atoms with E-state index in [1.807, 2.05) is 18.5 Å². The highest BCUT2D eigenvalue weighted by Crippen LogP contribution is 2.56. The summed E-state index contributed by atoms with van der Waals surface area (Å²) >= 11 is 6.39. The van der Waals surface area contributed by atoms with Crippen LogP contribution in [0.5, 0.6) is 0 Å². The summed E-state index contributed by atoms with van der Waals surface area (Å²) in [5.41, 5.74) is 1.65. The molecule has 4 rings (SSSR count). The van der Waals surface area contributed by atoms with E-state index in [9.17, 15) is 0 Å².